The van der Waals surface area contributed by atoms with Crippen LogP contribution in [0.2, 0.25) is 0 Å². The van der Waals surface area contributed by atoms with Crippen LogP contribution >= 0.6 is 0 Å². The Hall–Kier alpha value is -4.80. The molecule has 6 rings (SSSR count). The van der Waals surface area contributed by atoms with Crippen molar-refractivity contribution >= 4 is 40.6 Å². The fraction of sp³-hybridized carbons (Fsp3) is 0.250. The van der Waals surface area contributed by atoms with Gasteiger partial charge < -0.3 is 20.7 Å². The highest BCUT2D eigenvalue weighted by Crippen LogP contribution is 2.43. The second-order valence-electron chi connectivity index (χ2n) is 9.82. The average Bonchev–Trinajstić information content (AvgIpc) is 3.66. The number of imidazole rings is 1. The molecule has 2 heterocycles. The maximum atomic E-state index is 14.9. The van der Waals surface area contributed by atoms with Crippen LogP contribution in [0, 0.1) is 17.2 Å². The van der Waals surface area contributed by atoms with Gasteiger partial charge in [-0.2, -0.15) is 0 Å². The van der Waals surface area contributed by atoms with Gasteiger partial charge >= 0.3 is 0 Å². The molecule has 2 aliphatic rings. The summed E-state index contributed by atoms with van der Waals surface area (Å²) in [5.74, 6) is -0.938. The number of benzene rings is 2. The van der Waals surface area contributed by atoms with Crippen molar-refractivity contribution in [2.45, 2.75) is 32.1 Å². The van der Waals surface area contributed by atoms with Crippen molar-refractivity contribution in [3.05, 3.63) is 72.7 Å². The van der Waals surface area contributed by atoms with Gasteiger partial charge in [-0.05, 0) is 56.0 Å². The normalized spacial score (nSPS) is 15.7. The van der Waals surface area contributed by atoms with E-state index in [0.29, 0.717) is 30.0 Å². The van der Waals surface area contributed by atoms with Crippen LogP contribution in [0.5, 0.6) is 11.6 Å². The highest BCUT2D eigenvalue weighted by atomic mass is 19.1. The molecule has 11 heteroatoms. The predicted octanol–water partition coefficient (Wildman–Crippen LogP) is 4.76. The molecule has 2 fully saturated rings. The number of halogens is 1. The molecule has 2 aromatic heterocycles. The molecule has 0 saturated heterocycles. The average molecular weight is 529 g/mol. The Kier molecular flexibility index (Phi) is 6.18. The lowest BCUT2D eigenvalue weighted by Crippen LogP contribution is -2.51. The van der Waals surface area contributed by atoms with E-state index in [0.717, 1.165) is 25.3 Å². The molecule has 198 valence electrons. The number of ether oxygens (including phenoxy) is 1. The number of aromatic nitrogens is 3. The molecule has 2 aliphatic carbocycles. The first-order valence-electron chi connectivity index (χ1n) is 12.7. The number of fused-ring (bicyclic) bond motifs is 1. The lowest BCUT2D eigenvalue weighted by atomic mass is 9.67. The standard InChI is InChI=1S/C28H25FN6O4/c29-20-15-19(39-24-12-11-23-32-22(16-35(23)34-24)33-25(36)17-7-8-17)9-10-21(20)31-27(38)28(13-4-14-28)26(37)30-18-5-2-1-3-6-18/h1-3,5-6,9-12,15-17H,4,7-8,13-14H2,(H,30,37)(H,31,38)(H,33,36). The number of carbonyl (C=O) groups is 3. The fourth-order valence-electron chi connectivity index (χ4n) is 4.44. The lowest BCUT2D eigenvalue weighted by Gasteiger charge is -2.38. The molecule has 0 radical (unpaired) electrons. The largest absolute Gasteiger partial charge is 0.437 e. The molecule has 39 heavy (non-hydrogen) atoms. The molecule has 2 aromatic carbocycles. The van der Waals surface area contributed by atoms with Crippen LogP contribution < -0.4 is 20.7 Å². The van der Waals surface area contributed by atoms with Crippen LogP contribution in [-0.2, 0) is 14.4 Å². The number of para-hydroxylation sites is 1. The van der Waals surface area contributed by atoms with Crippen LogP contribution in [0.15, 0.2) is 66.9 Å². The molecular formula is C28H25FN6O4. The number of anilines is 3. The topological polar surface area (TPSA) is 127 Å². The molecule has 0 unspecified atom stereocenters. The quantitative estimate of drug-likeness (QED) is 0.283. The van der Waals surface area contributed by atoms with E-state index in [1.54, 1.807) is 42.6 Å². The maximum absolute atomic E-state index is 14.9. The van der Waals surface area contributed by atoms with E-state index < -0.39 is 23.0 Å². The Bertz CT molecular complexity index is 1580. The number of carbonyl (C=O) groups excluding carboxylic acids is 3. The van der Waals surface area contributed by atoms with Crippen molar-refractivity contribution in [1.29, 1.82) is 0 Å². The Balaban J connectivity index is 1.12. The van der Waals surface area contributed by atoms with Crippen molar-refractivity contribution in [3.8, 4) is 11.6 Å². The highest BCUT2D eigenvalue weighted by Gasteiger charge is 2.51. The minimum absolute atomic E-state index is 0.0509. The molecule has 2 saturated carbocycles. The number of nitrogens with one attached hydrogen (secondary N) is 3. The summed E-state index contributed by atoms with van der Waals surface area (Å²) in [7, 11) is 0. The van der Waals surface area contributed by atoms with Gasteiger partial charge in [0.25, 0.3) is 0 Å². The highest BCUT2D eigenvalue weighted by molar-refractivity contribution is 6.15. The summed E-state index contributed by atoms with van der Waals surface area (Å²) in [5, 5.41) is 12.4. The summed E-state index contributed by atoms with van der Waals surface area (Å²) in [6, 6.07) is 16.1. The van der Waals surface area contributed by atoms with Gasteiger partial charge in [-0.25, -0.2) is 13.9 Å². The van der Waals surface area contributed by atoms with E-state index in [-0.39, 0.29) is 29.1 Å². The summed E-state index contributed by atoms with van der Waals surface area (Å²) in [4.78, 5) is 42.3. The summed E-state index contributed by atoms with van der Waals surface area (Å²) in [5.41, 5.74) is -0.200. The molecule has 3 N–H and O–H groups in total. The van der Waals surface area contributed by atoms with E-state index in [2.05, 4.69) is 26.0 Å². The Labute approximate surface area is 222 Å². The smallest absolute Gasteiger partial charge is 0.240 e. The van der Waals surface area contributed by atoms with Crippen LogP contribution in [0.25, 0.3) is 5.65 Å². The number of nitrogens with zero attached hydrogens (tertiary/aromatic N) is 3. The minimum Gasteiger partial charge on any atom is -0.437 e. The Morgan fingerprint density at radius 2 is 1.72 bits per heavy atom. The summed E-state index contributed by atoms with van der Waals surface area (Å²) in [6.45, 7) is 0. The van der Waals surface area contributed by atoms with Crippen molar-refractivity contribution in [2.75, 3.05) is 16.0 Å². The zero-order chi connectivity index (χ0) is 27.0. The van der Waals surface area contributed by atoms with E-state index >= 15 is 0 Å². The molecule has 0 spiro atoms. The first kappa shape index (κ1) is 24.5. The van der Waals surface area contributed by atoms with E-state index in [1.165, 1.54) is 16.6 Å². The van der Waals surface area contributed by atoms with Crippen LogP contribution in [-0.4, -0.2) is 32.3 Å². The van der Waals surface area contributed by atoms with E-state index in [1.807, 2.05) is 6.07 Å². The molecule has 0 aliphatic heterocycles. The van der Waals surface area contributed by atoms with Crippen molar-refractivity contribution in [1.82, 2.24) is 14.6 Å². The molecule has 0 atom stereocenters. The zero-order valence-electron chi connectivity index (χ0n) is 20.8. The fourth-order valence-corrected chi connectivity index (χ4v) is 4.44. The number of rotatable bonds is 8. The van der Waals surface area contributed by atoms with Gasteiger partial charge in [0.1, 0.15) is 17.0 Å². The van der Waals surface area contributed by atoms with Crippen molar-refractivity contribution < 1.29 is 23.5 Å². The molecule has 3 amide bonds. The first-order chi connectivity index (χ1) is 18.9. The van der Waals surface area contributed by atoms with Crippen LogP contribution in [0.3, 0.4) is 0 Å². The minimum atomic E-state index is -1.25. The maximum Gasteiger partial charge on any atom is 0.240 e. The third-order valence-corrected chi connectivity index (χ3v) is 7.01. The predicted molar refractivity (Wildman–Crippen MR) is 141 cm³/mol. The second kappa shape index (κ2) is 9.82. The first-order valence-corrected chi connectivity index (χ1v) is 12.7. The Morgan fingerprint density at radius 1 is 0.949 bits per heavy atom. The van der Waals surface area contributed by atoms with Gasteiger partial charge in [-0.3, -0.25) is 14.4 Å². The molecule has 4 aromatic rings. The second-order valence-corrected chi connectivity index (χ2v) is 9.82. The van der Waals surface area contributed by atoms with Gasteiger partial charge in [-0.15, -0.1) is 5.10 Å². The zero-order valence-corrected chi connectivity index (χ0v) is 20.8. The van der Waals surface area contributed by atoms with Crippen LogP contribution in [0.1, 0.15) is 32.1 Å². The third kappa shape index (κ3) is 5.02. The molecule has 10 nitrogen and oxygen atoms in total. The number of hydrogen-bond acceptors (Lipinski definition) is 6. The van der Waals surface area contributed by atoms with Crippen molar-refractivity contribution in [2.24, 2.45) is 11.3 Å². The van der Waals surface area contributed by atoms with Crippen molar-refractivity contribution in [3.63, 3.8) is 0 Å². The Morgan fingerprint density at radius 3 is 2.41 bits per heavy atom. The van der Waals surface area contributed by atoms with Gasteiger partial charge in [-0.1, -0.05) is 24.6 Å². The summed E-state index contributed by atoms with van der Waals surface area (Å²) < 4.78 is 22.1. The number of hydrogen-bond donors (Lipinski definition) is 3. The summed E-state index contributed by atoms with van der Waals surface area (Å²) >= 11 is 0. The molecule has 0 bridgehead atoms. The third-order valence-electron chi connectivity index (χ3n) is 7.01. The summed E-state index contributed by atoms with van der Waals surface area (Å²) in [6.07, 6.45) is 4.85. The monoisotopic (exact) mass is 528 g/mol. The van der Waals surface area contributed by atoms with Gasteiger partial charge in [0.2, 0.25) is 23.6 Å². The number of amides is 3. The van der Waals surface area contributed by atoms with Gasteiger partial charge in [0, 0.05) is 23.7 Å². The van der Waals surface area contributed by atoms with E-state index in [9.17, 15) is 18.8 Å². The lowest BCUT2D eigenvalue weighted by molar-refractivity contribution is -0.142. The van der Waals surface area contributed by atoms with Gasteiger partial charge in [0.15, 0.2) is 11.5 Å². The SMILES string of the molecule is O=C(Nc1cn2nc(Oc3ccc(NC(=O)C4(C(=O)Nc5ccccc5)CCC4)c(F)c3)ccc2n1)C1CC1. The van der Waals surface area contributed by atoms with Gasteiger partial charge in [0.05, 0.1) is 11.9 Å². The van der Waals surface area contributed by atoms with Crippen LogP contribution in [0.4, 0.5) is 21.6 Å². The van der Waals surface area contributed by atoms with E-state index in [4.69, 9.17) is 4.74 Å². The molecular weight excluding hydrogens is 503 g/mol.